The van der Waals surface area contributed by atoms with E-state index in [4.69, 9.17) is 0 Å². The number of benzene rings is 2. The van der Waals surface area contributed by atoms with Crippen LogP contribution in [0.25, 0.3) is 11.1 Å². The van der Waals surface area contributed by atoms with Gasteiger partial charge >= 0.3 is 6.43 Å². The molecule has 3 heteroatoms. The number of Topliss-reactive ketones (excluding diaryl/α,β-unsaturated/α-hetero) is 1. The number of alkyl halides is 2. The minimum absolute atomic E-state index is 0.0470. The van der Waals surface area contributed by atoms with Crippen molar-refractivity contribution >= 4 is 5.78 Å². The molecule has 18 heavy (non-hydrogen) atoms. The van der Waals surface area contributed by atoms with Crippen LogP contribution in [0, 0.1) is 6.92 Å². The zero-order valence-corrected chi connectivity index (χ0v) is 9.86. The Labute approximate surface area is 104 Å². The fourth-order valence-electron chi connectivity index (χ4n) is 1.86. The van der Waals surface area contributed by atoms with Crippen molar-refractivity contribution in [1.29, 1.82) is 0 Å². The molecule has 0 saturated carbocycles. The fourth-order valence-corrected chi connectivity index (χ4v) is 1.86. The van der Waals surface area contributed by atoms with E-state index in [0.717, 1.165) is 16.7 Å². The number of ketones is 1. The number of halogens is 2. The fraction of sp³-hybridized carbons (Fsp3) is 0.133. The van der Waals surface area contributed by atoms with Gasteiger partial charge in [-0.2, -0.15) is 0 Å². The minimum atomic E-state index is -2.96. The van der Waals surface area contributed by atoms with Crippen LogP contribution in [-0.4, -0.2) is 12.2 Å². The minimum Gasteiger partial charge on any atom is -0.288 e. The van der Waals surface area contributed by atoms with E-state index in [0.29, 0.717) is 0 Å². The molecule has 0 saturated heterocycles. The lowest BCUT2D eigenvalue weighted by molar-refractivity contribution is 0.0679. The Balaban J connectivity index is 2.45. The number of hydrogen-bond donors (Lipinski definition) is 0. The lowest BCUT2D eigenvalue weighted by Gasteiger charge is -2.07. The highest BCUT2D eigenvalue weighted by Crippen LogP contribution is 2.24. The van der Waals surface area contributed by atoms with Gasteiger partial charge in [-0.15, -0.1) is 0 Å². The Hall–Kier alpha value is -2.03. The second-order valence-corrected chi connectivity index (χ2v) is 4.06. The zero-order chi connectivity index (χ0) is 13.1. The van der Waals surface area contributed by atoms with Crippen LogP contribution < -0.4 is 0 Å². The quantitative estimate of drug-likeness (QED) is 0.745. The van der Waals surface area contributed by atoms with Crippen molar-refractivity contribution in [2.24, 2.45) is 0 Å². The van der Waals surface area contributed by atoms with E-state index in [-0.39, 0.29) is 5.56 Å². The largest absolute Gasteiger partial charge is 0.300 e. The van der Waals surface area contributed by atoms with Crippen LogP contribution in [0.1, 0.15) is 15.9 Å². The van der Waals surface area contributed by atoms with Crippen LogP contribution in [-0.2, 0) is 0 Å². The summed E-state index contributed by atoms with van der Waals surface area (Å²) in [5.74, 6) is -1.13. The van der Waals surface area contributed by atoms with E-state index in [9.17, 15) is 13.6 Å². The first-order chi connectivity index (χ1) is 8.59. The summed E-state index contributed by atoms with van der Waals surface area (Å²) in [4.78, 5) is 11.3. The van der Waals surface area contributed by atoms with Crippen molar-refractivity contribution in [3.05, 3.63) is 59.7 Å². The van der Waals surface area contributed by atoms with Gasteiger partial charge < -0.3 is 0 Å². The van der Waals surface area contributed by atoms with Gasteiger partial charge in [0.1, 0.15) is 0 Å². The van der Waals surface area contributed by atoms with E-state index in [1.807, 2.05) is 37.3 Å². The van der Waals surface area contributed by atoms with Gasteiger partial charge in [0.15, 0.2) is 0 Å². The van der Waals surface area contributed by atoms with Gasteiger partial charge in [0.25, 0.3) is 0 Å². The van der Waals surface area contributed by atoms with Crippen molar-refractivity contribution in [3.8, 4) is 11.1 Å². The van der Waals surface area contributed by atoms with Crippen LogP contribution in [0.15, 0.2) is 48.5 Å². The second-order valence-electron chi connectivity index (χ2n) is 4.06. The third kappa shape index (κ3) is 2.45. The lowest BCUT2D eigenvalue weighted by atomic mass is 9.98. The topological polar surface area (TPSA) is 17.1 Å². The Bertz CT molecular complexity index is 576. The number of carbonyl (C=O) groups is 1. The van der Waals surface area contributed by atoms with E-state index in [1.165, 1.54) is 12.1 Å². The maximum Gasteiger partial charge on any atom is 0.300 e. The number of rotatable bonds is 3. The third-order valence-corrected chi connectivity index (χ3v) is 2.80. The molecule has 0 radical (unpaired) electrons. The van der Waals surface area contributed by atoms with Gasteiger partial charge in [0, 0.05) is 5.56 Å². The Kier molecular flexibility index (Phi) is 3.51. The highest BCUT2D eigenvalue weighted by atomic mass is 19.3. The molecule has 0 aliphatic carbocycles. The molecule has 2 aromatic carbocycles. The monoisotopic (exact) mass is 246 g/mol. The van der Waals surface area contributed by atoms with Gasteiger partial charge in [0.05, 0.1) is 0 Å². The normalized spacial score (nSPS) is 10.7. The number of aryl methyl sites for hydroxylation is 1. The van der Waals surface area contributed by atoms with Crippen LogP contribution in [0.4, 0.5) is 8.78 Å². The lowest BCUT2D eigenvalue weighted by Crippen LogP contribution is -2.09. The van der Waals surface area contributed by atoms with Crippen LogP contribution in [0.5, 0.6) is 0 Å². The second kappa shape index (κ2) is 5.08. The van der Waals surface area contributed by atoms with E-state index >= 15 is 0 Å². The van der Waals surface area contributed by atoms with Crippen molar-refractivity contribution in [2.45, 2.75) is 13.3 Å². The van der Waals surface area contributed by atoms with Gasteiger partial charge in [-0.1, -0.05) is 42.5 Å². The molecule has 2 aromatic rings. The maximum absolute atomic E-state index is 12.4. The highest BCUT2D eigenvalue weighted by molar-refractivity contribution is 5.99. The molecule has 2 rings (SSSR count). The van der Waals surface area contributed by atoms with Gasteiger partial charge in [-0.25, -0.2) is 8.78 Å². The van der Waals surface area contributed by atoms with E-state index in [1.54, 1.807) is 6.07 Å². The predicted molar refractivity (Wildman–Crippen MR) is 66.9 cm³/mol. The van der Waals surface area contributed by atoms with Crippen molar-refractivity contribution < 1.29 is 13.6 Å². The molecule has 0 N–H and O–H groups in total. The maximum atomic E-state index is 12.4. The molecule has 0 aromatic heterocycles. The van der Waals surface area contributed by atoms with Crippen LogP contribution >= 0.6 is 0 Å². The van der Waals surface area contributed by atoms with Crippen molar-refractivity contribution in [1.82, 2.24) is 0 Å². The SMILES string of the molecule is Cc1ccccc1-c1cccc(C(=O)C(F)F)c1. The average molecular weight is 246 g/mol. The molecule has 0 atom stereocenters. The molecule has 0 aliphatic rings. The summed E-state index contributed by atoms with van der Waals surface area (Å²) in [6.07, 6.45) is -2.96. The molecular weight excluding hydrogens is 234 g/mol. The van der Waals surface area contributed by atoms with E-state index < -0.39 is 12.2 Å². The number of carbonyl (C=O) groups excluding carboxylic acids is 1. The molecule has 0 amide bonds. The van der Waals surface area contributed by atoms with Crippen molar-refractivity contribution in [2.75, 3.05) is 0 Å². The van der Waals surface area contributed by atoms with Gasteiger partial charge in [-0.05, 0) is 29.7 Å². The first-order valence-corrected chi connectivity index (χ1v) is 5.58. The molecule has 92 valence electrons. The Morgan fingerprint density at radius 3 is 2.44 bits per heavy atom. The average Bonchev–Trinajstić information content (AvgIpc) is 2.38. The summed E-state index contributed by atoms with van der Waals surface area (Å²) in [7, 11) is 0. The molecule has 1 nitrogen and oxygen atoms in total. The molecular formula is C15H12F2O. The molecule has 0 heterocycles. The van der Waals surface area contributed by atoms with E-state index in [2.05, 4.69) is 0 Å². The van der Waals surface area contributed by atoms with Crippen LogP contribution in [0.2, 0.25) is 0 Å². The van der Waals surface area contributed by atoms with Crippen LogP contribution in [0.3, 0.4) is 0 Å². The Morgan fingerprint density at radius 2 is 1.78 bits per heavy atom. The first-order valence-electron chi connectivity index (χ1n) is 5.58. The predicted octanol–water partition coefficient (Wildman–Crippen LogP) is 4.11. The standard InChI is InChI=1S/C15H12F2O/c1-10-5-2-3-8-13(10)11-6-4-7-12(9-11)14(18)15(16)17/h2-9,15H,1H3. The zero-order valence-electron chi connectivity index (χ0n) is 9.86. The van der Waals surface area contributed by atoms with Crippen molar-refractivity contribution in [3.63, 3.8) is 0 Å². The molecule has 0 unspecified atom stereocenters. The summed E-state index contributed by atoms with van der Waals surface area (Å²) in [5, 5.41) is 0. The molecule has 0 spiro atoms. The molecule has 0 bridgehead atoms. The summed E-state index contributed by atoms with van der Waals surface area (Å²) in [6.45, 7) is 1.94. The molecule has 0 aliphatic heterocycles. The third-order valence-electron chi connectivity index (χ3n) is 2.80. The summed E-state index contributed by atoms with van der Waals surface area (Å²) in [5.41, 5.74) is 2.81. The highest BCUT2D eigenvalue weighted by Gasteiger charge is 2.17. The molecule has 0 fully saturated rings. The summed E-state index contributed by atoms with van der Waals surface area (Å²) in [6, 6.07) is 14.0. The first kappa shape index (κ1) is 12.4. The summed E-state index contributed by atoms with van der Waals surface area (Å²) < 4.78 is 24.8. The van der Waals surface area contributed by atoms with Gasteiger partial charge in [-0.3, -0.25) is 4.79 Å². The smallest absolute Gasteiger partial charge is 0.288 e. The Morgan fingerprint density at radius 1 is 1.06 bits per heavy atom. The van der Waals surface area contributed by atoms with Gasteiger partial charge in [0.2, 0.25) is 5.78 Å². The summed E-state index contributed by atoms with van der Waals surface area (Å²) >= 11 is 0. The number of hydrogen-bond acceptors (Lipinski definition) is 1.